The van der Waals surface area contributed by atoms with Crippen molar-refractivity contribution >= 4 is 11.3 Å². The predicted molar refractivity (Wildman–Crippen MR) is 71.2 cm³/mol. The minimum atomic E-state index is 0.645. The van der Waals surface area contributed by atoms with Crippen molar-refractivity contribution in [2.75, 3.05) is 26.3 Å². The first kappa shape index (κ1) is 13.7. The third kappa shape index (κ3) is 6.99. The summed E-state index contributed by atoms with van der Waals surface area (Å²) in [6.45, 7) is 8.25. The highest BCUT2D eigenvalue weighted by Gasteiger charge is 1.95. The molecule has 0 spiro atoms. The Kier molecular flexibility index (Phi) is 7.47. The average molecular weight is 241 g/mol. The van der Waals surface area contributed by atoms with Gasteiger partial charge in [-0.15, -0.1) is 0 Å². The van der Waals surface area contributed by atoms with Gasteiger partial charge in [-0.05, 0) is 54.2 Å². The van der Waals surface area contributed by atoms with E-state index in [1.807, 2.05) is 0 Å². The van der Waals surface area contributed by atoms with Gasteiger partial charge in [0.15, 0.2) is 0 Å². The Balaban J connectivity index is 1.82. The van der Waals surface area contributed by atoms with Crippen LogP contribution in [0.1, 0.15) is 25.8 Å². The summed E-state index contributed by atoms with van der Waals surface area (Å²) in [5.74, 6) is 0.645. The molecular formula is C13H23NOS. The van der Waals surface area contributed by atoms with Crippen LogP contribution in [0, 0.1) is 5.92 Å². The predicted octanol–water partition coefficient (Wildman–Crippen LogP) is 2.94. The first-order valence-corrected chi connectivity index (χ1v) is 7.03. The van der Waals surface area contributed by atoms with Crippen molar-refractivity contribution in [1.29, 1.82) is 0 Å². The Hall–Kier alpha value is -0.380. The SMILES string of the molecule is CC(C)COCCCNCCc1ccsc1. The minimum Gasteiger partial charge on any atom is -0.381 e. The molecule has 0 radical (unpaired) electrons. The van der Waals surface area contributed by atoms with Crippen molar-refractivity contribution in [3.05, 3.63) is 22.4 Å². The van der Waals surface area contributed by atoms with Crippen molar-refractivity contribution in [2.24, 2.45) is 5.92 Å². The fourth-order valence-electron chi connectivity index (χ4n) is 1.41. The largest absolute Gasteiger partial charge is 0.381 e. The third-order valence-electron chi connectivity index (χ3n) is 2.26. The molecule has 3 heteroatoms. The monoisotopic (exact) mass is 241 g/mol. The zero-order chi connectivity index (χ0) is 11.6. The van der Waals surface area contributed by atoms with Crippen molar-refractivity contribution in [1.82, 2.24) is 5.32 Å². The van der Waals surface area contributed by atoms with Gasteiger partial charge in [0.2, 0.25) is 0 Å². The summed E-state index contributed by atoms with van der Waals surface area (Å²) in [5.41, 5.74) is 1.44. The summed E-state index contributed by atoms with van der Waals surface area (Å²) in [5, 5.41) is 7.79. The zero-order valence-corrected chi connectivity index (χ0v) is 11.2. The lowest BCUT2D eigenvalue weighted by Crippen LogP contribution is -2.19. The summed E-state index contributed by atoms with van der Waals surface area (Å²) >= 11 is 1.77. The fourth-order valence-corrected chi connectivity index (χ4v) is 2.11. The lowest BCUT2D eigenvalue weighted by molar-refractivity contribution is 0.108. The van der Waals surface area contributed by atoms with Gasteiger partial charge in [-0.3, -0.25) is 0 Å². The molecule has 0 bridgehead atoms. The lowest BCUT2D eigenvalue weighted by Gasteiger charge is -2.07. The molecule has 0 atom stereocenters. The maximum Gasteiger partial charge on any atom is 0.0489 e. The second-order valence-electron chi connectivity index (χ2n) is 4.45. The van der Waals surface area contributed by atoms with Crippen LogP contribution in [-0.4, -0.2) is 26.3 Å². The molecular weight excluding hydrogens is 218 g/mol. The summed E-state index contributed by atoms with van der Waals surface area (Å²) in [6, 6.07) is 2.19. The Labute approximate surface area is 103 Å². The van der Waals surface area contributed by atoms with Crippen LogP contribution in [0.5, 0.6) is 0 Å². The Morgan fingerprint density at radius 2 is 2.25 bits per heavy atom. The van der Waals surface area contributed by atoms with Crippen LogP contribution < -0.4 is 5.32 Å². The quantitative estimate of drug-likeness (QED) is 0.671. The van der Waals surface area contributed by atoms with Crippen LogP contribution in [0.25, 0.3) is 0 Å². The van der Waals surface area contributed by atoms with E-state index < -0.39 is 0 Å². The van der Waals surface area contributed by atoms with Gasteiger partial charge < -0.3 is 10.1 Å². The van der Waals surface area contributed by atoms with Crippen molar-refractivity contribution in [2.45, 2.75) is 26.7 Å². The van der Waals surface area contributed by atoms with Crippen LogP contribution in [0.3, 0.4) is 0 Å². The topological polar surface area (TPSA) is 21.3 Å². The summed E-state index contributed by atoms with van der Waals surface area (Å²) in [7, 11) is 0. The molecule has 2 nitrogen and oxygen atoms in total. The number of ether oxygens (including phenoxy) is 1. The van der Waals surface area contributed by atoms with Crippen molar-refractivity contribution in [3.8, 4) is 0 Å². The molecule has 0 saturated heterocycles. The smallest absolute Gasteiger partial charge is 0.0489 e. The maximum absolute atomic E-state index is 5.51. The van der Waals surface area contributed by atoms with Crippen LogP contribution in [0.15, 0.2) is 16.8 Å². The Morgan fingerprint density at radius 1 is 1.38 bits per heavy atom. The molecule has 1 aromatic heterocycles. The van der Waals surface area contributed by atoms with Gasteiger partial charge in [-0.25, -0.2) is 0 Å². The van der Waals surface area contributed by atoms with Gasteiger partial charge >= 0.3 is 0 Å². The van der Waals surface area contributed by atoms with Gasteiger partial charge in [-0.2, -0.15) is 11.3 Å². The van der Waals surface area contributed by atoms with E-state index in [2.05, 4.69) is 36.0 Å². The van der Waals surface area contributed by atoms with E-state index in [0.29, 0.717) is 5.92 Å². The third-order valence-corrected chi connectivity index (χ3v) is 3.00. The van der Waals surface area contributed by atoms with E-state index >= 15 is 0 Å². The van der Waals surface area contributed by atoms with Crippen molar-refractivity contribution in [3.63, 3.8) is 0 Å². The molecule has 0 aromatic carbocycles. The summed E-state index contributed by atoms with van der Waals surface area (Å²) in [6.07, 6.45) is 2.24. The molecule has 1 aromatic rings. The van der Waals surface area contributed by atoms with Crippen LogP contribution in [-0.2, 0) is 11.2 Å². The molecule has 0 saturated carbocycles. The normalized spacial score (nSPS) is 11.2. The molecule has 1 N–H and O–H groups in total. The zero-order valence-electron chi connectivity index (χ0n) is 10.4. The van der Waals surface area contributed by atoms with Gasteiger partial charge in [0.05, 0.1) is 0 Å². The average Bonchev–Trinajstić information content (AvgIpc) is 2.74. The number of hydrogen-bond acceptors (Lipinski definition) is 3. The first-order chi connectivity index (χ1) is 7.79. The molecule has 0 aliphatic heterocycles. The molecule has 92 valence electrons. The minimum absolute atomic E-state index is 0.645. The number of hydrogen-bond donors (Lipinski definition) is 1. The van der Waals surface area contributed by atoms with Crippen LogP contribution in [0.4, 0.5) is 0 Å². The van der Waals surface area contributed by atoms with Gasteiger partial charge in [-0.1, -0.05) is 13.8 Å². The highest BCUT2D eigenvalue weighted by Crippen LogP contribution is 2.05. The number of rotatable bonds is 9. The second-order valence-corrected chi connectivity index (χ2v) is 5.23. The van der Waals surface area contributed by atoms with E-state index in [-0.39, 0.29) is 0 Å². The van der Waals surface area contributed by atoms with E-state index in [0.717, 1.165) is 39.1 Å². The molecule has 1 rings (SSSR count). The van der Waals surface area contributed by atoms with Crippen molar-refractivity contribution < 1.29 is 4.74 Å². The lowest BCUT2D eigenvalue weighted by atomic mass is 10.2. The molecule has 0 fully saturated rings. The molecule has 1 heterocycles. The van der Waals surface area contributed by atoms with E-state index in [4.69, 9.17) is 4.74 Å². The van der Waals surface area contributed by atoms with E-state index in [1.165, 1.54) is 5.56 Å². The molecule has 0 amide bonds. The van der Waals surface area contributed by atoms with Gasteiger partial charge in [0.25, 0.3) is 0 Å². The molecule has 0 unspecified atom stereocenters. The highest BCUT2D eigenvalue weighted by molar-refractivity contribution is 7.07. The highest BCUT2D eigenvalue weighted by atomic mass is 32.1. The standard InChI is InChI=1S/C13H23NOS/c1-12(2)10-15-8-3-6-14-7-4-13-5-9-16-11-13/h5,9,11-12,14H,3-4,6-8,10H2,1-2H3. The fraction of sp³-hybridized carbons (Fsp3) is 0.692. The second kappa shape index (κ2) is 8.74. The first-order valence-electron chi connectivity index (χ1n) is 6.08. The van der Waals surface area contributed by atoms with E-state index in [1.54, 1.807) is 11.3 Å². The number of nitrogens with one attached hydrogen (secondary N) is 1. The number of thiophene rings is 1. The summed E-state index contributed by atoms with van der Waals surface area (Å²) in [4.78, 5) is 0. The van der Waals surface area contributed by atoms with Gasteiger partial charge in [0.1, 0.15) is 0 Å². The van der Waals surface area contributed by atoms with Crippen LogP contribution in [0.2, 0.25) is 0 Å². The Morgan fingerprint density at radius 3 is 2.94 bits per heavy atom. The molecule has 0 aliphatic carbocycles. The Bertz CT molecular complexity index is 246. The molecule has 16 heavy (non-hydrogen) atoms. The van der Waals surface area contributed by atoms with Gasteiger partial charge in [0, 0.05) is 13.2 Å². The molecule has 0 aliphatic rings. The maximum atomic E-state index is 5.51. The van der Waals surface area contributed by atoms with Crippen LogP contribution >= 0.6 is 11.3 Å². The summed E-state index contributed by atoms with van der Waals surface area (Å²) < 4.78 is 5.51. The van der Waals surface area contributed by atoms with E-state index in [9.17, 15) is 0 Å².